The molecule has 1 amide bonds. The largest absolute Gasteiger partial charge is 0.444 e. The standard InChI is InChI=1S/C18H29N3O4/c1-6-18(23)11(2)24-14(12-7-8-20-10-13(12)19)9-15(18)21-16(22)25-17(3,4)5/h7-8,10-11,14-15,23H,6,9,19H2,1-5H3,(H,21,22)/t11-,14?,15-,18-/m0/s1. The van der Waals surface area contributed by atoms with E-state index in [-0.39, 0.29) is 6.10 Å². The molecule has 0 bridgehead atoms. The van der Waals surface area contributed by atoms with Gasteiger partial charge in [0.15, 0.2) is 0 Å². The number of carbonyl (C=O) groups is 1. The van der Waals surface area contributed by atoms with E-state index in [4.69, 9.17) is 15.2 Å². The first kappa shape index (κ1) is 19.5. The summed E-state index contributed by atoms with van der Waals surface area (Å²) < 4.78 is 11.4. The first-order chi connectivity index (χ1) is 11.6. The predicted octanol–water partition coefficient (Wildman–Crippen LogP) is 2.55. The van der Waals surface area contributed by atoms with Gasteiger partial charge in [-0.3, -0.25) is 4.98 Å². The Morgan fingerprint density at radius 1 is 1.56 bits per heavy atom. The molecule has 2 heterocycles. The molecule has 0 aromatic carbocycles. The molecule has 0 aliphatic carbocycles. The van der Waals surface area contributed by atoms with Crippen LogP contribution in [-0.4, -0.2) is 39.5 Å². The lowest BCUT2D eigenvalue weighted by Gasteiger charge is -2.47. The van der Waals surface area contributed by atoms with Crippen LogP contribution in [-0.2, 0) is 9.47 Å². The maximum Gasteiger partial charge on any atom is 0.407 e. The molecule has 7 heteroatoms. The topological polar surface area (TPSA) is 107 Å². The first-order valence-electron chi connectivity index (χ1n) is 8.63. The number of rotatable bonds is 3. The van der Waals surface area contributed by atoms with Crippen molar-refractivity contribution in [2.24, 2.45) is 0 Å². The van der Waals surface area contributed by atoms with Gasteiger partial charge in [-0.1, -0.05) is 6.92 Å². The van der Waals surface area contributed by atoms with Gasteiger partial charge in [0.25, 0.3) is 0 Å². The van der Waals surface area contributed by atoms with Crippen molar-refractivity contribution < 1.29 is 19.4 Å². The lowest BCUT2D eigenvalue weighted by atomic mass is 9.79. The average molecular weight is 351 g/mol. The van der Waals surface area contributed by atoms with Gasteiger partial charge in [0.1, 0.15) is 11.2 Å². The molecule has 4 N–H and O–H groups in total. The summed E-state index contributed by atoms with van der Waals surface area (Å²) in [5.41, 5.74) is 5.54. The Hall–Kier alpha value is -1.86. The number of nitrogens with two attached hydrogens (primary N) is 1. The number of anilines is 1. The monoisotopic (exact) mass is 351 g/mol. The van der Waals surface area contributed by atoms with Crippen LogP contribution in [0.2, 0.25) is 0 Å². The number of hydrogen-bond acceptors (Lipinski definition) is 6. The third kappa shape index (κ3) is 4.41. The molecule has 1 aromatic rings. The fraction of sp³-hybridized carbons (Fsp3) is 0.667. The van der Waals surface area contributed by atoms with E-state index < -0.39 is 29.4 Å². The summed E-state index contributed by atoms with van der Waals surface area (Å²) in [6.45, 7) is 9.06. The molecule has 7 nitrogen and oxygen atoms in total. The summed E-state index contributed by atoms with van der Waals surface area (Å²) in [4.78, 5) is 16.2. The summed E-state index contributed by atoms with van der Waals surface area (Å²) in [7, 11) is 0. The molecule has 140 valence electrons. The van der Waals surface area contributed by atoms with E-state index in [9.17, 15) is 9.90 Å². The third-order valence-corrected chi connectivity index (χ3v) is 4.62. The van der Waals surface area contributed by atoms with Crippen molar-refractivity contribution in [3.05, 3.63) is 24.0 Å². The van der Waals surface area contributed by atoms with Crippen LogP contribution < -0.4 is 11.1 Å². The number of pyridine rings is 1. The van der Waals surface area contributed by atoms with E-state index >= 15 is 0 Å². The number of carbonyl (C=O) groups excluding carboxylic acids is 1. The molecule has 0 saturated carbocycles. The smallest absolute Gasteiger partial charge is 0.407 e. The lowest BCUT2D eigenvalue weighted by molar-refractivity contribution is -0.186. The maximum atomic E-state index is 12.2. The van der Waals surface area contributed by atoms with Crippen LogP contribution in [0.4, 0.5) is 10.5 Å². The van der Waals surface area contributed by atoms with Crippen LogP contribution in [0.1, 0.15) is 59.1 Å². The maximum absolute atomic E-state index is 12.2. The summed E-state index contributed by atoms with van der Waals surface area (Å²) >= 11 is 0. The molecule has 4 atom stereocenters. The predicted molar refractivity (Wildman–Crippen MR) is 95.0 cm³/mol. The molecule has 2 rings (SSSR count). The number of alkyl carbamates (subject to hydrolysis) is 1. The van der Waals surface area contributed by atoms with Crippen LogP contribution in [0.3, 0.4) is 0 Å². The highest BCUT2D eigenvalue weighted by atomic mass is 16.6. The highest BCUT2D eigenvalue weighted by molar-refractivity contribution is 5.68. The summed E-state index contributed by atoms with van der Waals surface area (Å²) in [5, 5.41) is 13.9. The van der Waals surface area contributed by atoms with Crippen molar-refractivity contribution in [1.29, 1.82) is 0 Å². The fourth-order valence-corrected chi connectivity index (χ4v) is 3.20. The Morgan fingerprint density at radius 3 is 2.80 bits per heavy atom. The van der Waals surface area contributed by atoms with Gasteiger partial charge < -0.3 is 25.6 Å². The van der Waals surface area contributed by atoms with Gasteiger partial charge in [0.05, 0.1) is 30.1 Å². The average Bonchev–Trinajstić information content (AvgIpc) is 2.50. The van der Waals surface area contributed by atoms with Gasteiger partial charge in [-0.15, -0.1) is 0 Å². The highest BCUT2D eigenvalue weighted by Crippen LogP contribution is 2.40. The number of nitrogen functional groups attached to an aromatic ring is 1. The van der Waals surface area contributed by atoms with E-state index in [1.54, 1.807) is 46.2 Å². The van der Waals surface area contributed by atoms with Gasteiger partial charge in [0.2, 0.25) is 0 Å². The van der Waals surface area contributed by atoms with Crippen molar-refractivity contribution >= 4 is 11.8 Å². The third-order valence-electron chi connectivity index (χ3n) is 4.62. The van der Waals surface area contributed by atoms with Gasteiger partial charge in [-0.25, -0.2) is 4.79 Å². The number of ether oxygens (including phenoxy) is 2. The lowest BCUT2D eigenvalue weighted by Crippen LogP contribution is -2.62. The van der Waals surface area contributed by atoms with E-state index in [0.717, 1.165) is 5.56 Å². The van der Waals surface area contributed by atoms with E-state index in [1.165, 1.54) is 0 Å². The van der Waals surface area contributed by atoms with Crippen molar-refractivity contribution in [2.75, 3.05) is 5.73 Å². The molecule has 0 spiro atoms. The Bertz CT molecular complexity index is 617. The number of aromatic nitrogens is 1. The zero-order chi connectivity index (χ0) is 18.8. The zero-order valence-corrected chi connectivity index (χ0v) is 15.6. The van der Waals surface area contributed by atoms with Gasteiger partial charge in [-0.2, -0.15) is 0 Å². The molecule has 25 heavy (non-hydrogen) atoms. The minimum atomic E-state index is -1.19. The Kier molecular flexibility index (Phi) is 5.58. The second kappa shape index (κ2) is 7.17. The molecule has 1 aliphatic heterocycles. The van der Waals surface area contributed by atoms with Gasteiger partial charge >= 0.3 is 6.09 Å². The molecule has 0 radical (unpaired) electrons. The van der Waals surface area contributed by atoms with Crippen molar-refractivity contribution in [3.63, 3.8) is 0 Å². The zero-order valence-electron chi connectivity index (χ0n) is 15.6. The minimum Gasteiger partial charge on any atom is -0.444 e. The van der Waals surface area contributed by atoms with Crippen LogP contribution in [0, 0.1) is 0 Å². The summed E-state index contributed by atoms with van der Waals surface area (Å²) in [5.74, 6) is 0. The molecule has 1 saturated heterocycles. The minimum absolute atomic E-state index is 0.343. The summed E-state index contributed by atoms with van der Waals surface area (Å²) in [6.07, 6.45) is 2.67. The Labute approximate surface area is 148 Å². The van der Waals surface area contributed by atoms with E-state index in [2.05, 4.69) is 10.3 Å². The molecular formula is C18H29N3O4. The molecule has 1 unspecified atom stereocenters. The Balaban J connectivity index is 2.23. The van der Waals surface area contributed by atoms with E-state index in [1.807, 2.05) is 6.92 Å². The second-order valence-corrected chi connectivity index (χ2v) is 7.55. The number of nitrogens with zero attached hydrogens (tertiary/aromatic N) is 1. The normalized spacial score (nSPS) is 29.9. The fourth-order valence-electron chi connectivity index (χ4n) is 3.20. The Morgan fingerprint density at radius 2 is 2.24 bits per heavy atom. The quantitative estimate of drug-likeness (QED) is 0.772. The van der Waals surface area contributed by atoms with Crippen LogP contribution in [0.15, 0.2) is 18.5 Å². The van der Waals surface area contributed by atoms with Gasteiger partial charge in [0, 0.05) is 18.2 Å². The van der Waals surface area contributed by atoms with Crippen molar-refractivity contribution in [2.45, 2.75) is 76.9 Å². The SMILES string of the molecule is CC[C@@]1(O)[C@@H](NC(=O)OC(C)(C)C)CC(c2ccncc2N)O[C@H]1C. The van der Waals surface area contributed by atoms with Crippen LogP contribution >= 0.6 is 0 Å². The number of hydrogen-bond donors (Lipinski definition) is 3. The first-order valence-corrected chi connectivity index (χ1v) is 8.63. The van der Waals surface area contributed by atoms with Crippen molar-refractivity contribution in [1.82, 2.24) is 10.3 Å². The number of amides is 1. The van der Waals surface area contributed by atoms with Crippen LogP contribution in [0.5, 0.6) is 0 Å². The molecular weight excluding hydrogens is 322 g/mol. The highest BCUT2D eigenvalue weighted by Gasteiger charge is 2.48. The van der Waals surface area contributed by atoms with Crippen LogP contribution in [0.25, 0.3) is 0 Å². The molecule has 1 aromatic heterocycles. The second-order valence-electron chi connectivity index (χ2n) is 7.55. The van der Waals surface area contributed by atoms with Crippen molar-refractivity contribution in [3.8, 4) is 0 Å². The molecule has 1 aliphatic rings. The number of aliphatic hydroxyl groups is 1. The summed E-state index contributed by atoms with van der Waals surface area (Å²) in [6, 6.07) is 1.28. The van der Waals surface area contributed by atoms with E-state index in [0.29, 0.717) is 18.5 Å². The van der Waals surface area contributed by atoms with Gasteiger partial charge in [-0.05, 0) is 40.2 Å². The number of nitrogens with one attached hydrogen (secondary N) is 1. The molecule has 1 fully saturated rings.